The number of thioether (sulfide) groups is 1. The van der Waals surface area contributed by atoms with Crippen LogP contribution in [0.1, 0.15) is 23.2 Å². The Kier molecular flexibility index (Phi) is 6.01. The number of likely N-dealkylation sites (tertiary alicyclic amines) is 1. The number of rotatable bonds is 6. The van der Waals surface area contributed by atoms with Gasteiger partial charge in [0.25, 0.3) is 5.91 Å². The summed E-state index contributed by atoms with van der Waals surface area (Å²) in [5.41, 5.74) is 0.525. The number of β-amino-alcohol motifs (C(OH)–C–C–N with tert-alkyl or cyclic N) is 1. The van der Waals surface area contributed by atoms with Crippen molar-refractivity contribution in [2.75, 3.05) is 32.0 Å². The van der Waals surface area contributed by atoms with Crippen LogP contribution in [0.25, 0.3) is 6.58 Å². The number of amidine groups is 1. The van der Waals surface area contributed by atoms with E-state index >= 15 is 0 Å². The van der Waals surface area contributed by atoms with E-state index in [1.165, 1.54) is 0 Å². The molecule has 3 rings (SSSR count). The van der Waals surface area contributed by atoms with E-state index in [1.807, 2.05) is 6.07 Å². The Morgan fingerprint density at radius 2 is 2.08 bits per heavy atom. The van der Waals surface area contributed by atoms with Crippen LogP contribution in [0.2, 0.25) is 0 Å². The number of hydrogen-bond donors (Lipinski definition) is 2. The van der Waals surface area contributed by atoms with Crippen LogP contribution in [0.15, 0.2) is 28.2 Å². The Bertz CT molecular complexity index is 772. The maximum atomic E-state index is 12.1. The fraction of sp³-hybridized carbons (Fsp3) is 0.500. The van der Waals surface area contributed by atoms with Crippen molar-refractivity contribution in [3.8, 4) is 0 Å². The summed E-state index contributed by atoms with van der Waals surface area (Å²) in [5.74, 6) is 0.944. The first-order chi connectivity index (χ1) is 12.1. The fourth-order valence-electron chi connectivity index (χ4n) is 3.10. The van der Waals surface area contributed by atoms with Crippen molar-refractivity contribution >= 4 is 30.1 Å². The highest BCUT2D eigenvalue weighted by Gasteiger charge is 2.22. The Labute approximate surface area is 151 Å². The van der Waals surface area contributed by atoms with Gasteiger partial charge in [0.2, 0.25) is 0 Å². The topological polar surface area (TPSA) is 85.5 Å². The molecule has 1 aromatic rings. The molecule has 25 heavy (non-hydrogen) atoms. The quantitative estimate of drug-likeness (QED) is 0.734. The number of aliphatic hydroxyl groups is 2. The second-order valence-corrected chi connectivity index (χ2v) is 7.69. The number of aliphatic imine (C=N–C) groups is 1. The van der Waals surface area contributed by atoms with Crippen LogP contribution in [0.3, 0.4) is 0 Å². The summed E-state index contributed by atoms with van der Waals surface area (Å²) in [7, 11) is 0. The monoisotopic (exact) mass is 361 g/mol. The summed E-state index contributed by atoms with van der Waals surface area (Å²) >= 11 is 1.78. The summed E-state index contributed by atoms with van der Waals surface area (Å²) in [6.07, 6.45) is 1.37. The van der Waals surface area contributed by atoms with Gasteiger partial charge in [-0.15, -0.1) is 0 Å². The van der Waals surface area contributed by atoms with Crippen molar-refractivity contribution in [3.63, 3.8) is 0 Å². The minimum Gasteiger partial charge on any atom is -0.394 e. The van der Waals surface area contributed by atoms with Gasteiger partial charge in [0.15, 0.2) is 0 Å². The molecule has 0 radical (unpaired) electrons. The van der Waals surface area contributed by atoms with Crippen molar-refractivity contribution in [3.05, 3.63) is 34.3 Å². The van der Waals surface area contributed by atoms with E-state index in [9.17, 15) is 9.90 Å². The van der Waals surface area contributed by atoms with E-state index in [2.05, 4.69) is 21.5 Å². The van der Waals surface area contributed by atoms with Crippen molar-refractivity contribution in [1.82, 2.24) is 4.90 Å². The molecule has 2 aliphatic rings. The standard InChI is InChI=1S/C18H23N3O3S/c1-12-3-2-4-15-17(12)19-16(20-18(15)24)11-25-14-5-7-21(8-6-14)9-13(23)10-22/h2-4,13-14,22-23H,1,5-11H2/t13-/m0/s1. The van der Waals surface area contributed by atoms with E-state index in [0.717, 1.165) is 31.1 Å². The van der Waals surface area contributed by atoms with Crippen molar-refractivity contribution in [2.45, 2.75) is 24.2 Å². The molecular formula is C18H23N3O3S. The van der Waals surface area contributed by atoms with Gasteiger partial charge in [-0.25, -0.2) is 4.99 Å². The Hall–Kier alpha value is -1.54. The predicted octanol–water partition coefficient (Wildman–Crippen LogP) is -0.180. The van der Waals surface area contributed by atoms with Gasteiger partial charge in [0.1, 0.15) is 5.84 Å². The molecule has 134 valence electrons. The largest absolute Gasteiger partial charge is 0.394 e. The molecule has 2 heterocycles. The zero-order valence-corrected chi connectivity index (χ0v) is 14.9. The van der Waals surface area contributed by atoms with Gasteiger partial charge in [0, 0.05) is 11.8 Å². The van der Waals surface area contributed by atoms with Crippen LogP contribution in [0.4, 0.5) is 0 Å². The minimum atomic E-state index is -0.664. The fourth-order valence-corrected chi connectivity index (χ4v) is 4.16. The molecule has 0 aliphatic carbocycles. The number of fused-ring (bicyclic) bond motifs is 1. The number of carbonyl (C=O) groups excluding carboxylic acids is 1. The van der Waals surface area contributed by atoms with E-state index < -0.39 is 6.10 Å². The molecule has 2 aliphatic heterocycles. The molecule has 6 nitrogen and oxygen atoms in total. The lowest BCUT2D eigenvalue weighted by atomic mass is 10.1. The summed E-state index contributed by atoms with van der Waals surface area (Å²) in [4.78, 5) is 22.9. The molecule has 0 unspecified atom stereocenters. The highest BCUT2D eigenvalue weighted by Crippen LogP contribution is 2.24. The minimum absolute atomic E-state index is 0.195. The molecule has 0 saturated carbocycles. The molecule has 7 heteroatoms. The predicted molar refractivity (Wildman–Crippen MR) is 99.5 cm³/mol. The van der Waals surface area contributed by atoms with Gasteiger partial charge in [-0.05, 0) is 37.2 Å². The highest BCUT2D eigenvalue weighted by molar-refractivity contribution is 8.00. The lowest BCUT2D eigenvalue weighted by Crippen LogP contribution is -2.40. The molecule has 1 aromatic carbocycles. The number of aliphatic hydroxyl groups excluding tert-OH is 2. The number of para-hydroxylation sites is 1. The van der Waals surface area contributed by atoms with Gasteiger partial charge >= 0.3 is 0 Å². The second-order valence-electron chi connectivity index (χ2n) is 6.41. The third kappa shape index (κ3) is 4.55. The first-order valence-electron chi connectivity index (χ1n) is 8.48. The zero-order valence-electron chi connectivity index (χ0n) is 14.1. The van der Waals surface area contributed by atoms with Gasteiger partial charge < -0.3 is 15.1 Å². The first kappa shape index (κ1) is 18.3. The van der Waals surface area contributed by atoms with E-state index in [1.54, 1.807) is 23.9 Å². The van der Waals surface area contributed by atoms with Crippen LogP contribution in [0, 0.1) is 0 Å². The van der Waals surface area contributed by atoms with E-state index in [-0.39, 0.29) is 12.5 Å². The van der Waals surface area contributed by atoms with Gasteiger partial charge in [-0.3, -0.25) is 4.79 Å². The summed E-state index contributed by atoms with van der Waals surface area (Å²) < 4.78 is 0. The summed E-state index contributed by atoms with van der Waals surface area (Å²) in [6, 6.07) is 5.38. The van der Waals surface area contributed by atoms with Crippen LogP contribution in [0.5, 0.6) is 0 Å². The third-order valence-corrected chi connectivity index (χ3v) is 5.85. The lowest BCUT2D eigenvalue weighted by molar-refractivity contribution is 0.0539. The number of nitrogens with zero attached hydrogens (tertiary/aromatic N) is 3. The van der Waals surface area contributed by atoms with Gasteiger partial charge in [0.05, 0.1) is 29.4 Å². The molecule has 1 saturated heterocycles. The molecule has 2 N–H and O–H groups in total. The van der Waals surface area contributed by atoms with Crippen LogP contribution >= 0.6 is 11.8 Å². The number of piperidine rings is 1. The SMILES string of the molecule is C=c1cccc2c1=NC(CSC1CCN(C[C@H](O)CO)CC1)=NC2=O. The molecule has 0 bridgehead atoms. The lowest BCUT2D eigenvalue weighted by Gasteiger charge is -2.32. The average Bonchev–Trinajstić information content (AvgIpc) is 2.62. The second kappa shape index (κ2) is 8.23. The number of carbonyl (C=O) groups is 1. The highest BCUT2D eigenvalue weighted by atomic mass is 32.2. The molecule has 1 amide bonds. The van der Waals surface area contributed by atoms with Crippen LogP contribution in [-0.2, 0) is 0 Å². The molecule has 1 fully saturated rings. The third-order valence-electron chi connectivity index (χ3n) is 4.48. The number of hydrogen-bond acceptors (Lipinski definition) is 6. The van der Waals surface area contributed by atoms with E-state index in [4.69, 9.17) is 5.11 Å². The van der Waals surface area contributed by atoms with Gasteiger partial charge in [-0.1, -0.05) is 18.7 Å². The maximum absolute atomic E-state index is 12.1. The normalized spacial score (nSPS) is 19.9. The zero-order chi connectivity index (χ0) is 17.8. The molecule has 0 aromatic heterocycles. The maximum Gasteiger partial charge on any atom is 0.280 e. The Balaban J connectivity index is 1.55. The van der Waals surface area contributed by atoms with E-state index in [0.29, 0.717) is 34.3 Å². The van der Waals surface area contributed by atoms with Crippen molar-refractivity contribution in [1.29, 1.82) is 0 Å². The Morgan fingerprint density at radius 1 is 1.32 bits per heavy atom. The first-order valence-corrected chi connectivity index (χ1v) is 9.53. The molecular weight excluding hydrogens is 338 g/mol. The number of amides is 1. The van der Waals surface area contributed by atoms with Crippen molar-refractivity contribution in [2.24, 2.45) is 9.98 Å². The molecule has 1 atom stereocenters. The van der Waals surface area contributed by atoms with Crippen LogP contribution < -0.4 is 10.6 Å². The smallest absolute Gasteiger partial charge is 0.280 e. The average molecular weight is 361 g/mol. The molecule has 0 spiro atoms. The van der Waals surface area contributed by atoms with Gasteiger partial charge in [-0.2, -0.15) is 16.8 Å². The summed E-state index contributed by atoms with van der Waals surface area (Å²) in [6.45, 7) is 6.08. The van der Waals surface area contributed by atoms with Crippen LogP contribution in [-0.4, -0.2) is 70.2 Å². The van der Waals surface area contributed by atoms with Crippen molar-refractivity contribution < 1.29 is 15.0 Å². The summed E-state index contributed by atoms with van der Waals surface area (Å²) in [5, 5.41) is 20.3. The number of benzene rings is 1. The Morgan fingerprint density at radius 3 is 2.80 bits per heavy atom.